The molecule has 0 N–H and O–H groups in total. The molecule has 0 bridgehead atoms. The lowest BCUT2D eigenvalue weighted by Gasteiger charge is -2.02. The maximum atomic E-state index is 12.2. The van der Waals surface area contributed by atoms with Gasteiger partial charge in [0.1, 0.15) is 5.78 Å². The van der Waals surface area contributed by atoms with Crippen molar-refractivity contribution < 1.29 is 13.6 Å². The van der Waals surface area contributed by atoms with Gasteiger partial charge < -0.3 is 0 Å². The molecule has 0 saturated carbocycles. The number of carbonyl (C=O) groups excluding carboxylic acids is 1. The Bertz CT molecular complexity index is 358. The number of benzene rings is 1. The van der Waals surface area contributed by atoms with Gasteiger partial charge in [0, 0.05) is 18.4 Å². The van der Waals surface area contributed by atoms with E-state index < -0.39 is 6.43 Å². The van der Waals surface area contributed by atoms with Crippen molar-refractivity contribution in [1.29, 1.82) is 0 Å². The molecular formula is C10H8F2O. The van der Waals surface area contributed by atoms with Gasteiger partial charge >= 0.3 is 0 Å². The SMILES string of the molecule is O=C1Cc2ccc(C(F)F)cc2C1. The van der Waals surface area contributed by atoms with Gasteiger partial charge in [0.2, 0.25) is 0 Å². The largest absolute Gasteiger partial charge is 0.299 e. The standard InChI is InChI=1S/C10H8F2O/c11-10(12)7-2-1-6-4-9(13)5-8(6)3-7/h1-3,10H,4-5H2. The maximum Gasteiger partial charge on any atom is 0.263 e. The molecule has 3 heteroatoms. The number of hydrogen-bond donors (Lipinski definition) is 0. The summed E-state index contributed by atoms with van der Waals surface area (Å²) in [4.78, 5) is 11.0. The normalized spacial score (nSPS) is 15.2. The van der Waals surface area contributed by atoms with Crippen LogP contribution in [0.15, 0.2) is 18.2 Å². The first-order valence-electron chi connectivity index (χ1n) is 4.08. The summed E-state index contributed by atoms with van der Waals surface area (Å²) in [6.07, 6.45) is -1.73. The Hall–Kier alpha value is -1.25. The molecule has 0 aromatic heterocycles. The van der Waals surface area contributed by atoms with E-state index in [9.17, 15) is 13.6 Å². The van der Waals surface area contributed by atoms with Gasteiger partial charge in [-0.1, -0.05) is 12.1 Å². The molecule has 0 aliphatic heterocycles. The number of hydrogen-bond acceptors (Lipinski definition) is 1. The van der Waals surface area contributed by atoms with Crippen LogP contribution in [0.1, 0.15) is 23.1 Å². The summed E-state index contributed by atoms with van der Waals surface area (Å²) in [5.41, 5.74) is 1.67. The van der Waals surface area contributed by atoms with Crippen LogP contribution in [0.2, 0.25) is 0 Å². The van der Waals surface area contributed by atoms with Crippen molar-refractivity contribution in [2.45, 2.75) is 19.3 Å². The molecule has 1 aliphatic carbocycles. The van der Waals surface area contributed by atoms with E-state index >= 15 is 0 Å². The Kier molecular flexibility index (Phi) is 1.87. The second-order valence-corrected chi connectivity index (χ2v) is 3.22. The fourth-order valence-electron chi connectivity index (χ4n) is 1.61. The second-order valence-electron chi connectivity index (χ2n) is 3.22. The van der Waals surface area contributed by atoms with Crippen LogP contribution in [0.4, 0.5) is 8.78 Å². The van der Waals surface area contributed by atoms with Crippen molar-refractivity contribution in [2.24, 2.45) is 0 Å². The summed E-state index contributed by atoms with van der Waals surface area (Å²) in [5.74, 6) is 0.112. The third-order valence-electron chi connectivity index (χ3n) is 2.26. The van der Waals surface area contributed by atoms with E-state index in [-0.39, 0.29) is 11.3 Å². The number of rotatable bonds is 1. The molecular weight excluding hydrogens is 174 g/mol. The first-order valence-corrected chi connectivity index (χ1v) is 4.08. The molecule has 1 aromatic rings. The van der Waals surface area contributed by atoms with Crippen LogP contribution < -0.4 is 0 Å². The summed E-state index contributed by atoms with van der Waals surface area (Å²) in [7, 11) is 0. The lowest BCUT2D eigenvalue weighted by atomic mass is 10.1. The number of fused-ring (bicyclic) bond motifs is 1. The van der Waals surface area contributed by atoms with Gasteiger partial charge in [-0.3, -0.25) is 4.79 Å². The number of Topliss-reactive ketones (excluding diaryl/α,β-unsaturated/α-hetero) is 1. The van der Waals surface area contributed by atoms with Crippen LogP contribution in [0.3, 0.4) is 0 Å². The number of carbonyl (C=O) groups is 1. The molecule has 0 saturated heterocycles. The Morgan fingerprint density at radius 1 is 1.15 bits per heavy atom. The predicted octanol–water partition coefficient (Wildman–Crippen LogP) is 2.29. The van der Waals surface area contributed by atoms with Gasteiger partial charge in [-0.05, 0) is 17.2 Å². The summed E-state index contributed by atoms with van der Waals surface area (Å²) >= 11 is 0. The zero-order valence-electron chi connectivity index (χ0n) is 6.89. The lowest BCUT2D eigenvalue weighted by molar-refractivity contribution is -0.117. The smallest absolute Gasteiger partial charge is 0.263 e. The fourth-order valence-corrected chi connectivity index (χ4v) is 1.61. The molecule has 0 radical (unpaired) electrons. The summed E-state index contributed by atoms with van der Waals surface area (Å²) < 4.78 is 24.5. The molecule has 1 aromatic carbocycles. The highest BCUT2D eigenvalue weighted by Gasteiger charge is 2.19. The minimum atomic E-state index is -2.44. The van der Waals surface area contributed by atoms with Crippen molar-refractivity contribution in [3.63, 3.8) is 0 Å². The summed E-state index contributed by atoms with van der Waals surface area (Å²) in [6.45, 7) is 0. The first-order chi connectivity index (χ1) is 6.16. The van der Waals surface area contributed by atoms with Gasteiger partial charge in [-0.2, -0.15) is 0 Å². The monoisotopic (exact) mass is 182 g/mol. The van der Waals surface area contributed by atoms with Crippen molar-refractivity contribution >= 4 is 5.78 Å². The third-order valence-corrected chi connectivity index (χ3v) is 2.26. The molecule has 0 fully saturated rings. The molecule has 0 amide bonds. The Morgan fingerprint density at radius 3 is 2.54 bits per heavy atom. The molecule has 2 rings (SSSR count). The summed E-state index contributed by atoms with van der Waals surface area (Å²) in [6, 6.07) is 4.45. The van der Waals surface area contributed by atoms with Crippen LogP contribution in [0.5, 0.6) is 0 Å². The average molecular weight is 182 g/mol. The fraction of sp³-hybridized carbons (Fsp3) is 0.300. The molecule has 0 spiro atoms. The van der Waals surface area contributed by atoms with Gasteiger partial charge in [0.25, 0.3) is 6.43 Å². The van der Waals surface area contributed by atoms with Crippen molar-refractivity contribution in [2.75, 3.05) is 0 Å². The van der Waals surface area contributed by atoms with Crippen molar-refractivity contribution in [1.82, 2.24) is 0 Å². The highest BCUT2D eigenvalue weighted by Crippen LogP contribution is 2.25. The minimum absolute atomic E-state index is 0.00782. The quantitative estimate of drug-likeness (QED) is 0.651. The van der Waals surface area contributed by atoms with Crippen LogP contribution in [-0.2, 0) is 17.6 Å². The Morgan fingerprint density at radius 2 is 1.85 bits per heavy atom. The van der Waals surface area contributed by atoms with E-state index in [1.807, 2.05) is 0 Å². The Labute approximate surface area is 74.4 Å². The van der Waals surface area contributed by atoms with E-state index in [2.05, 4.69) is 0 Å². The van der Waals surface area contributed by atoms with Gasteiger partial charge in [-0.25, -0.2) is 8.78 Å². The second kappa shape index (κ2) is 2.91. The van der Waals surface area contributed by atoms with Gasteiger partial charge in [0.05, 0.1) is 0 Å². The molecule has 1 nitrogen and oxygen atoms in total. The average Bonchev–Trinajstić information content (AvgIpc) is 2.42. The van der Waals surface area contributed by atoms with Crippen LogP contribution in [0.25, 0.3) is 0 Å². The van der Waals surface area contributed by atoms with Crippen LogP contribution in [-0.4, -0.2) is 5.78 Å². The Balaban J connectivity index is 2.40. The van der Waals surface area contributed by atoms with E-state index in [0.29, 0.717) is 12.8 Å². The zero-order valence-corrected chi connectivity index (χ0v) is 6.89. The van der Waals surface area contributed by atoms with E-state index in [0.717, 1.165) is 11.1 Å². The topological polar surface area (TPSA) is 17.1 Å². The lowest BCUT2D eigenvalue weighted by Crippen LogP contribution is -1.92. The zero-order chi connectivity index (χ0) is 9.42. The van der Waals surface area contributed by atoms with Crippen LogP contribution in [0, 0.1) is 0 Å². The molecule has 68 valence electrons. The number of halogens is 2. The van der Waals surface area contributed by atoms with Crippen LogP contribution >= 0.6 is 0 Å². The molecule has 13 heavy (non-hydrogen) atoms. The van der Waals surface area contributed by atoms with Crippen molar-refractivity contribution in [3.8, 4) is 0 Å². The highest BCUT2D eigenvalue weighted by atomic mass is 19.3. The molecule has 0 heterocycles. The number of ketones is 1. The summed E-state index contributed by atoms with van der Waals surface area (Å²) in [5, 5.41) is 0. The molecule has 0 unspecified atom stereocenters. The maximum absolute atomic E-state index is 12.2. The first kappa shape index (κ1) is 8.35. The van der Waals surface area contributed by atoms with Crippen molar-refractivity contribution in [3.05, 3.63) is 34.9 Å². The minimum Gasteiger partial charge on any atom is -0.299 e. The third kappa shape index (κ3) is 1.46. The van der Waals surface area contributed by atoms with E-state index in [1.165, 1.54) is 12.1 Å². The van der Waals surface area contributed by atoms with Gasteiger partial charge in [0.15, 0.2) is 0 Å². The predicted molar refractivity (Wildman–Crippen MR) is 43.8 cm³/mol. The molecule has 0 atom stereocenters. The molecule has 1 aliphatic rings. The number of alkyl halides is 2. The van der Waals surface area contributed by atoms with E-state index in [1.54, 1.807) is 6.07 Å². The van der Waals surface area contributed by atoms with E-state index in [4.69, 9.17) is 0 Å². The van der Waals surface area contributed by atoms with Gasteiger partial charge in [-0.15, -0.1) is 0 Å². The highest BCUT2D eigenvalue weighted by molar-refractivity contribution is 5.87.